The molecule has 0 atom stereocenters. The van der Waals surface area contributed by atoms with Gasteiger partial charge in [-0.2, -0.15) is 0 Å². The molecule has 0 aromatic heterocycles. The van der Waals surface area contributed by atoms with Crippen LogP contribution in [0.15, 0.2) is 16.6 Å². The monoisotopic (exact) mass is 361 g/mol. The second-order valence-corrected chi connectivity index (χ2v) is 5.85. The van der Waals surface area contributed by atoms with Crippen LogP contribution in [-0.2, 0) is 4.79 Å². The van der Waals surface area contributed by atoms with Crippen molar-refractivity contribution in [3.63, 3.8) is 0 Å². The lowest BCUT2D eigenvalue weighted by molar-refractivity contribution is -0.133. The summed E-state index contributed by atoms with van der Waals surface area (Å²) < 4.78 is 11.1. The number of hydrogen-bond donors (Lipinski definition) is 2. The second kappa shape index (κ2) is 6.85. The Balaban J connectivity index is 1.87. The minimum absolute atomic E-state index is 0.0332. The van der Waals surface area contributed by atoms with Crippen molar-refractivity contribution in [2.45, 2.75) is 0 Å². The molecule has 1 aliphatic rings. The number of ether oxygens (including phenoxy) is 2. The van der Waals surface area contributed by atoms with E-state index in [2.05, 4.69) is 21.2 Å². The molecule has 1 amide bonds. The van der Waals surface area contributed by atoms with Gasteiger partial charge in [0.25, 0.3) is 5.91 Å². The topological polar surface area (TPSA) is 84.9 Å². The highest BCUT2D eigenvalue weighted by atomic mass is 79.9. The molecule has 0 unspecified atom stereocenters. The molecule has 0 saturated carbocycles. The van der Waals surface area contributed by atoms with Gasteiger partial charge in [-0.05, 0) is 28.1 Å². The summed E-state index contributed by atoms with van der Waals surface area (Å²) in [6.45, 7) is 0.549. The number of rotatable bonds is 6. The summed E-state index contributed by atoms with van der Waals surface area (Å²) in [4.78, 5) is 22.3. The van der Waals surface area contributed by atoms with E-state index in [4.69, 9.17) is 14.6 Å². The molecule has 0 bridgehead atoms. The van der Waals surface area contributed by atoms with Gasteiger partial charge < -0.3 is 19.9 Å². The molecule has 0 spiro atoms. The summed E-state index contributed by atoms with van der Waals surface area (Å²) >= 11 is 4.57. The fourth-order valence-electron chi connectivity index (χ4n) is 1.60. The maximum absolute atomic E-state index is 11.9. The first-order valence-electron chi connectivity index (χ1n) is 5.75. The van der Waals surface area contributed by atoms with E-state index in [1.807, 2.05) is 0 Å². The van der Waals surface area contributed by atoms with E-state index in [-0.39, 0.29) is 18.5 Å². The van der Waals surface area contributed by atoms with Crippen LogP contribution in [0.1, 0.15) is 10.4 Å². The number of nitrogens with one attached hydrogen (secondary N) is 1. The average molecular weight is 362 g/mol. The van der Waals surface area contributed by atoms with Crippen molar-refractivity contribution >= 4 is 39.6 Å². The van der Waals surface area contributed by atoms with Gasteiger partial charge in [-0.25, -0.2) is 0 Å². The van der Waals surface area contributed by atoms with Crippen LogP contribution in [0.5, 0.6) is 11.5 Å². The zero-order valence-corrected chi connectivity index (χ0v) is 12.8. The number of carbonyl (C=O) groups is 2. The van der Waals surface area contributed by atoms with Crippen LogP contribution in [0.3, 0.4) is 0 Å². The number of carboxylic acids is 1. The quantitative estimate of drug-likeness (QED) is 0.750. The molecule has 0 radical (unpaired) electrons. The molecule has 108 valence electrons. The molecule has 1 heterocycles. The van der Waals surface area contributed by atoms with Crippen LogP contribution in [-0.4, -0.2) is 41.8 Å². The maximum atomic E-state index is 11.9. The minimum Gasteiger partial charge on any atom is -0.481 e. The zero-order chi connectivity index (χ0) is 14.5. The van der Waals surface area contributed by atoms with Crippen molar-refractivity contribution in [2.75, 3.05) is 24.8 Å². The highest BCUT2D eigenvalue weighted by molar-refractivity contribution is 9.10. The summed E-state index contributed by atoms with van der Waals surface area (Å²) in [5.74, 6) is 0.610. The van der Waals surface area contributed by atoms with Gasteiger partial charge in [0.1, 0.15) is 0 Å². The molecule has 0 saturated heterocycles. The lowest BCUT2D eigenvalue weighted by Gasteiger charge is -2.06. The first kappa shape index (κ1) is 15.0. The van der Waals surface area contributed by atoms with Crippen molar-refractivity contribution in [1.82, 2.24) is 5.32 Å². The van der Waals surface area contributed by atoms with E-state index in [0.29, 0.717) is 33.8 Å². The van der Waals surface area contributed by atoms with Crippen molar-refractivity contribution in [3.05, 3.63) is 22.2 Å². The predicted molar refractivity (Wildman–Crippen MR) is 77.6 cm³/mol. The second-order valence-electron chi connectivity index (χ2n) is 3.89. The number of thioether (sulfide) groups is 1. The van der Waals surface area contributed by atoms with Crippen LogP contribution in [0.2, 0.25) is 0 Å². The molecule has 0 fully saturated rings. The molecule has 2 rings (SSSR count). The Bertz CT molecular complexity index is 537. The number of carboxylic acid groups (broad SMARTS) is 1. The van der Waals surface area contributed by atoms with E-state index < -0.39 is 5.97 Å². The third kappa shape index (κ3) is 3.80. The fraction of sp³-hybridized carbons (Fsp3) is 0.333. The zero-order valence-electron chi connectivity index (χ0n) is 10.3. The van der Waals surface area contributed by atoms with Crippen molar-refractivity contribution in [3.8, 4) is 11.5 Å². The highest BCUT2D eigenvalue weighted by Gasteiger charge is 2.20. The largest absolute Gasteiger partial charge is 0.481 e. The Kier molecular flexibility index (Phi) is 5.13. The van der Waals surface area contributed by atoms with E-state index in [9.17, 15) is 9.59 Å². The number of fused-ring (bicyclic) bond motifs is 1. The van der Waals surface area contributed by atoms with Crippen molar-refractivity contribution < 1.29 is 24.2 Å². The highest BCUT2D eigenvalue weighted by Crippen LogP contribution is 2.39. The van der Waals surface area contributed by atoms with Crippen LogP contribution >= 0.6 is 27.7 Å². The molecule has 2 N–H and O–H groups in total. The molecule has 1 aromatic carbocycles. The number of benzene rings is 1. The average Bonchev–Trinajstić information content (AvgIpc) is 2.86. The van der Waals surface area contributed by atoms with Crippen LogP contribution in [0, 0.1) is 0 Å². The van der Waals surface area contributed by atoms with Gasteiger partial charge in [0.15, 0.2) is 11.5 Å². The Morgan fingerprint density at radius 3 is 2.95 bits per heavy atom. The smallest absolute Gasteiger partial charge is 0.313 e. The molecular weight excluding hydrogens is 350 g/mol. The maximum Gasteiger partial charge on any atom is 0.313 e. The number of hydrogen-bond acceptors (Lipinski definition) is 5. The third-order valence-electron chi connectivity index (χ3n) is 2.45. The summed E-state index contributed by atoms with van der Waals surface area (Å²) in [5, 5.41) is 11.2. The van der Waals surface area contributed by atoms with E-state index in [0.717, 1.165) is 0 Å². The normalized spacial score (nSPS) is 12.2. The lowest BCUT2D eigenvalue weighted by atomic mass is 10.2. The predicted octanol–water partition coefficient (Wildman–Crippen LogP) is 1.73. The number of carbonyl (C=O) groups excluding carboxylic acids is 1. The first-order chi connectivity index (χ1) is 9.58. The Hall–Kier alpha value is -1.41. The van der Waals surface area contributed by atoms with E-state index in [1.54, 1.807) is 12.1 Å². The summed E-state index contributed by atoms with van der Waals surface area (Å²) in [7, 11) is 0. The Morgan fingerprint density at radius 2 is 2.20 bits per heavy atom. The molecule has 20 heavy (non-hydrogen) atoms. The minimum atomic E-state index is -0.860. The van der Waals surface area contributed by atoms with Crippen molar-refractivity contribution in [1.29, 1.82) is 0 Å². The molecule has 1 aliphatic heterocycles. The van der Waals surface area contributed by atoms with E-state index in [1.165, 1.54) is 11.8 Å². The SMILES string of the molecule is O=C(O)CSCCNC(=O)c1cc(Br)c2c(c1)OCO2. The number of aliphatic carboxylic acids is 1. The van der Waals surface area contributed by atoms with Gasteiger partial charge in [-0.3, -0.25) is 9.59 Å². The van der Waals surface area contributed by atoms with Gasteiger partial charge in [0, 0.05) is 17.9 Å². The molecule has 6 nitrogen and oxygen atoms in total. The Labute approximate surface area is 128 Å². The molecule has 0 aliphatic carbocycles. The summed E-state index contributed by atoms with van der Waals surface area (Å²) in [6.07, 6.45) is 0. The molecule has 8 heteroatoms. The van der Waals surface area contributed by atoms with Gasteiger partial charge >= 0.3 is 5.97 Å². The fourth-order valence-corrected chi connectivity index (χ4v) is 2.72. The van der Waals surface area contributed by atoms with Gasteiger partial charge in [-0.15, -0.1) is 11.8 Å². The van der Waals surface area contributed by atoms with Crippen LogP contribution in [0.25, 0.3) is 0 Å². The van der Waals surface area contributed by atoms with Crippen LogP contribution < -0.4 is 14.8 Å². The van der Waals surface area contributed by atoms with Crippen molar-refractivity contribution in [2.24, 2.45) is 0 Å². The van der Waals surface area contributed by atoms with Gasteiger partial charge in [0.2, 0.25) is 6.79 Å². The summed E-state index contributed by atoms with van der Waals surface area (Å²) in [6, 6.07) is 3.28. The number of halogens is 1. The summed E-state index contributed by atoms with van der Waals surface area (Å²) in [5.41, 5.74) is 0.462. The standard InChI is InChI=1S/C12H12BrNO5S/c13-8-3-7(4-9-11(8)19-6-18-9)12(17)14-1-2-20-5-10(15)16/h3-4H,1-2,5-6H2,(H,14,17)(H,15,16). The van der Waals surface area contributed by atoms with Gasteiger partial charge in [-0.1, -0.05) is 0 Å². The third-order valence-corrected chi connectivity index (χ3v) is 3.98. The number of amides is 1. The molecule has 1 aromatic rings. The van der Waals surface area contributed by atoms with E-state index >= 15 is 0 Å². The van der Waals surface area contributed by atoms with Crippen LogP contribution in [0.4, 0.5) is 0 Å². The lowest BCUT2D eigenvalue weighted by Crippen LogP contribution is -2.26. The molecular formula is C12H12BrNO5S. The van der Waals surface area contributed by atoms with Gasteiger partial charge in [0.05, 0.1) is 10.2 Å². The first-order valence-corrected chi connectivity index (χ1v) is 7.69. The Morgan fingerprint density at radius 1 is 1.40 bits per heavy atom.